The molecule has 0 aliphatic carbocycles. The number of benzene rings is 2. The molecule has 2 aromatic carbocycles. The van der Waals surface area contributed by atoms with Gasteiger partial charge in [0.25, 0.3) is 0 Å². The van der Waals surface area contributed by atoms with Crippen LogP contribution in [0.4, 0.5) is 5.00 Å². The molecule has 0 saturated carbocycles. The minimum atomic E-state index is -0.483. The highest BCUT2D eigenvalue weighted by atomic mass is 32.1. The van der Waals surface area contributed by atoms with Crippen LogP contribution in [0.2, 0.25) is 0 Å². The molecule has 0 amide bonds. The lowest BCUT2D eigenvalue weighted by atomic mass is 10.1. The predicted octanol–water partition coefficient (Wildman–Crippen LogP) is 5.48. The van der Waals surface area contributed by atoms with Crippen LogP contribution in [0.1, 0.15) is 32.6 Å². The molecule has 0 atom stereocenters. The van der Waals surface area contributed by atoms with Gasteiger partial charge in [0.15, 0.2) is 5.56 Å². The van der Waals surface area contributed by atoms with Crippen LogP contribution in [-0.4, -0.2) is 17.5 Å². The number of fused-ring (bicyclic) bond motifs is 1. The molecule has 4 rings (SSSR count). The van der Waals surface area contributed by atoms with E-state index in [1.165, 1.54) is 29.8 Å². The van der Waals surface area contributed by atoms with Gasteiger partial charge in [-0.15, -0.1) is 0 Å². The molecule has 154 valence electrons. The van der Waals surface area contributed by atoms with Gasteiger partial charge >= 0.3 is 5.97 Å². The van der Waals surface area contributed by atoms with Crippen molar-refractivity contribution in [1.82, 2.24) is 4.37 Å². The Bertz CT molecular complexity index is 1200. The van der Waals surface area contributed by atoms with E-state index < -0.39 is 5.97 Å². The number of carbonyl (C=O) groups excluding carboxylic acids is 1. The van der Waals surface area contributed by atoms with Crippen molar-refractivity contribution in [2.24, 2.45) is 0 Å². The number of aryl methyl sites for hydroxylation is 2. The van der Waals surface area contributed by atoms with E-state index in [-0.39, 0.29) is 12.5 Å². The van der Waals surface area contributed by atoms with E-state index in [0.717, 1.165) is 22.1 Å². The zero-order valence-electron chi connectivity index (χ0n) is 17.0. The maximum atomic E-state index is 12.4. The van der Waals surface area contributed by atoms with Crippen LogP contribution < -0.4 is 10.1 Å². The monoisotopic (exact) mass is 422 g/mol. The molecule has 30 heavy (non-hydrogen) atoms. The van der Waals surface area contributed by atoms with E-state index in [2.05, 4.69) is 41.7 Å². The van der Waals surface area contributed by atoms with E-state index in [9.17, 15) is 4.79 Å². The van der Waals surface area contributed by atoms with Gasteiger partial charge in [0, 0.05) is 11.9 Å². The summed E-state index contributed by atoms with van der Waals surface area (Å²) in [5, 5.41) is 4.96. The molecule has 6 nitrogen and oxygen atoms in total. The lowest BCUT2D eigenvalue weighted by Gasteiger charge is -2.10. The van der Waals surface area contributed by atoms with E-state index in [1.807, 2.05) is 24.3 Å². The Hall–Kier alpha value is -3.32. The number of rotatable bonds is 7. The average Bonchev–Trinajstić information content (AvgIpc) is 3.37. The normalized spacial score (nSPS) is 10.9. The number of anilines is 1. The van der Waals surface area contributed by atoms with Crippen LogP contribution in [0.15, 0.2) is 53.1 Å². The summed E-state index contributed by atoms with van der Waals surface area (Å²) < 4.78 is 20.6. The van der Waals surface area contributed by atoms with Gasteiger partial charge < -0.3 is 19.2 Å². The van der Waals surface area contributed by atoms with Crippen LogP contribution in [0, 0.1) is 13.8 Å². The average molecular weight is 423 g/mol. The number of methoxy groups -OCH3 is 1. The Labute approximate surface area is 178 Å². The molecule has 2 heterocycles. The van der Waals surface area contributed by atoms with Crippen molar-refractivity contribution in [1.29, 1.82) is 0 Å². The summed E-state index contributed by atoms with van der Waals surface area (Å²) in [6.07, 6.45) is 1.65. The molecular weight excluding hydrogens is 400 g/mol. The van der Waals surface area contributed by atoms with Crippen molar-refractivity contribution in [3.8, 4) is 5.88 Å². The second kappa shape index (κ2) is 8.59. The highest BCUT2D eigenvalue weighted by Crippen LogP contribution is 2.32. The Kier molecular flexibility index (Phi) is 5.72. The summed E-state index contributed by atoms with van der Waals surface area (Å²) in [5.41, 5.74) is 5.58. The lowest BCUT2D eigenvalue weighted by molar-refractivity contribution is 0.0596. The van der Waals surface area contributed by atoms with E-state index in [1.54, 1.807) is 6.26 Å². The molecule has 4 aromatic rings. The maximum absolute atomic E-state index is 12.4. The number of ether oxygens (including phenoxy) is 2. The minimum absolute atomic E-state index is 0.259. The summed E-state index contributed by atoms with van der Waals surface area (Å²) in [6.45, 7) is 4.98. The van der Waals surface area contributed by atoms with Crippen molar-refractivity contribution in [3.05, 3.63) is 76.5 Å². The van der Waals surface area contributed by atoms with Gasteiger partial charge in [0.05, 0.1) is 13.4 Å². The highest BCUT2D eigenvalue weighted by Gasteiger charge is 2.23. The molecule has 0 aliphatic rings. The van der Waals surface area contributed by atoms with Gasteiger partial charge in [-0.3, -0.25) is 0 Å². The van der Waals surface area contributed by atoms with Crippen molar-refractivity contribution in [3.63, 3.8) is 0 Å². The summed E-state index contributed by atoms with van der Waals surface area (Å²) >= 11 is 1.18. The standard InChI is InChI=1S/C23H22N2O4S/c1-14-4-6-18(15(2)10-14)12-24-22-20(23(26)27-3)21(25-30-22)29-13-16-5-7-17-8-9-28-19(17)11-16/h4-11,24H,12-13H2,1-3H3. The number of aromatic nitrogens is 1. The third-order valence-corrected chi connectivity index (χ3v) is 5.67. The smallest absolute Gasteiger partial charge is 0.346 e. The molecule has 7 heteroatoms. The zero-order valence-corrected chi connectivity index (χ0v) is 17.8. The SMILES string of the molecule is COC(=O)c1c(OCc2ccc3ccoc3c2)nsc1NCc1ccc(C)cc1C. The molecular formula is C23H22N2O4S. The summed E-state index contributed by atoms with van der Waals surface area (Å²) in [6, 6.07) is 14.0. The fourth-order valence-electron chi connectivity index (χ4n) is 3.24. The summed E-state index contributed by atoms with van der Waals surface area (Å²) in [4.78, 5) is 12.4. The maximum Gasteiger partial charge on any atom is 0.346 e. The lowest BCUT2D eigenvalue weighted by Crippen LogP contribution is -2.09. The zero-order chi connectivity index (χ0) is 21.1. The first kappa shape index (κ1) is 20.0. The van der Waals surface area contributed by atoms with Gasteiger partial charge in [-0.2, -0.15) is 4.37 Å². The van der Waals surface area contributed by atoms with Crippen molar-refractivity contribution >= 4 is 33.5 Å². The van der Waals surface area contributed by atoms with Crippen molar-refractivity contribution < 1.29 is 18.7 Å². The van der Waals surface area contributed by atoms with E-state index in [0.29, 0.717) is 17.1 Å². The first-order chi connectivity index (χ1) is 14.5. The number of esters is 1. The quantitative estimate of drug-likeness (QED) is 0.397. The number of nitrogens with one attached hydrogen (secondary N) is 1. The van der Waals surface area contributed by atoms with Crippen LogP contribution in [0.3, 0.4) is 0 Å². The molecule has 0 aliphatic heterocycles. The summed E-state index contributed by atoms with van der Waals surface area (Å²) in [7, 11) is 1.35. The number of hydrogen-bond acceptors (Lipinski definition) is 7. The van der Waals surface area contributed by atoms with Gasteiger partial charge in [-0.05, 0) is 54.2 Å². The third kappa shape index (κ3) is 4.16. The Morgan fingerprint density at radius 1 is 1.17 bits per heavy atom. The molecule has 1 N–H and O–H groups in total. The van der Waals surface area contributed by atoms with Crippen LogP contribution >= 0.6 is 11.5 Å². The summed E-state index contributed by atoms with van der Waals surface area (Å²) in [5.74, 6) is -0.224. The fourth-order valence-corrected chi connectivity index (χ4v) is 3.95. The first-order valence-corrected chi connectivity index (χ1v) is 10.3. The Morgan fingerprint density at radius 3 is 2.83 bits per heavy atom. The Morgan fingerprint density at radius 2 is 2.03 bits per heavy atom. The third-order valence-electron chi connectivity index (χ3n) is 4.88. The van der Waals surface area contributed by atoms with Crippen molar-refractivity contribution in [2.45, 2.75) is 27.0 Å². The predicted molar refractivity (Wildman–Crippen MR) is 117 cm³/mol. The van der Waals surface area contributed by atoms with Crippen molar-refractivity contribution in [2.75, 3.05) is 12.4 Å². The number of furan rings is 1. The number of nitrogens with zero attached hydrogens (tertiary/aromatic N) is 1. The highest BCUT2D eigenvalue weighted by molar-refractivity contribution is 7.10. The number of hydrogen-bond donors (Lipinski definition) is 1. The topological polar surface area (TPSA) is 73.6 Å². The second-order valence-corrected chi connectivity index (χ2v) is 7.82. The fraction of sp³-hybridized carbons (Fsp3) is 0.217. The number of carbonyl (C=O) groups is 1. The molecule has 0 unspecified atom stereocenters. The molecule has 0 saturated heterocycles. The molecule has 0 radical (unpaired) electrons. The van der Waals surface area contributed by atoms with Crippen LogP contribution in [-0.2, 0) is 17.9 Å². The molecule has 0 fully saturated rings. The van der Waals surface area contributed by atoms with Gasteiger partial charge in [0.1, 0.15) is 17.2 Å². The molecule has 0 bridgehead atoms. The first-order valence-electron chi connectivity index (χ1n) is 9.52. The largest absolute Gasteiger partial charge is 0.472 e. The Balaban J connectivity index is 1.51. The minimum Gasteiger partial charge on any atom is -0.472 e. The molecule has 0 spiro atoms. The van der Waals surface area contributed by atoms with Gasteiger partial charge in [-0.25, -0.2) is 4.79 Å². The van der Waals surface area contributed by atoms with E-state index >= 15 is 0 Å². The second-order valence-electron chi connectivity index (χ2n) is 7.05. The molecule has 2 aromatic heterocycles. The van der Waals surface area contributed by atoms with Gasteiger partial charge in [-0.1, -0.05) is 35.9 Å². The van der Waals surface area contributed by atoms with Crippen LogP contribution in [0.25, 0.3) is 11.0 Å². The van der Waals surface area contributed by atoms with Gasteiger partial charge in [0.2, 0.25) is 5.88 Å². The van der Waals surface area contributed by atoms with E-state index in [4.69, 9.17) is 13.9 Å². The van der Waals surface area contributed by atoms with Crippen LogP contribution in [0.5, 0.6) is 5.88 Å².